The third kappa shape index (κ3) is 5.56. The van der Waals surface area contributed by atoms with E-state index < -0.39 is 10.0 Å². The second kappa shape index (κ2) is 8.95. The largest absolute Gasteiger partial charge is 0.332 e. The van der Waals surface area contributed by atoms with Crippen LogP contribution < -0.4 is 10.6 Å². The van der Waals surface area contributed by atoms with Crippen LogP contribution in [0.5, 0.6) is 0 Å². The molecule has 0 heterocycles. The van der Waals surface area contributed by atoms with E-state index >= 15 is 0 Å². The highest BCUT2D eigenvalue weighted by Crippen LogP contribution is 2.18. The van der Waals surface area contributed by atoms with Gasteiger partial charge >= 0.3 is 0 Å². The Kier molecular flexibility index (Phi) is 7.60. The first kappa shape index (κ1) is 19.5. The van der Waals surface area contributed by atoms with Crippen molar-refractivity contribution in [1.82, 2.24) is 9.62 Å². The summed E-state index contributed by atoms with van der Waals surface area (Å²) in [5.41, 5.74) is 0.616. The maximum Gasteiger partial charge on any atom is 0.243 e. The summed E-state index contributed by atoms with van der Waals surface area (Å²) in [7, 11) is -3.47. The van der Waals surface area contributed by atoms with Gasteiger partial charge in [0.15, 0.2) is 5.11 Å². The van der Waals surface area contributed by atoms with Gasteiger partial charge in [0.2, 0.25) is 15.9 Å². The molecule has 1 amide bonds. The zero-order valence-corrected chi connectivity index (χ0v) is 15.3. The molecule has 0 saturated carbocycles. The summed E-state index contributed by atoms with van der Waals surface area (Å²) in [6.45, 7) is 6.35. The number of nitrogens with zero attached hydrogens (tertiary/aromatic N) is 1. The van der Waals surface area contributed by atoms with Crippen LogP contribution in [-0.2, 0) is 14.8 Å². The molecule has 0 fully saturated rings. The molecule has 0 saturated heterocycles. The SMILES string of the molecule is CCCC(=O)NC(=S)Nc1ccc(S(=O)(=O)N(CC)CC)cc1. The number of amides is 1. The lowest BCUT2D eigenvalue weighted by molar-refractivity contribution is -0.119. The molecule has 0 radical (unpaired) electrons. The third-order valence-electron chi connectivity index (χ3n) is 3.19. The zero-order valence-electron chi connectivity index (χ0n) is 13.6. The Balaban J connectivity index is 2.77. The van der Waals surface area contributed by atoms with E-state index in [1.807, 2.05) is 6.92 Å². The van der Waals surface area contributed by atoms with Crippen LogP contribution in [0.3, 0.4) is 0 Å². The van der Waals surface area contributed by atoms with Crippen molar-refractivity contribution in [2.24, 2.45) is 0 Å². The Hall–Kier alpha value is -1.51. The molecule has 0 aliphatic carbocycles. The molecule has 0 aliphatic heterocycles. The van der Waals surface area contributed by atoms with Crippen molar-refractivity contribution < 1.29 is 13.2 Å². The van der Waals surface area contributed by atoms with E-state index in [0.717, 1.165) is 6.42 Å². The van der Waals surface area contributed by atoms with Crippen LogP contribution >= 0.6 is 12.2 Å². The van der Waals surface area contributed by atoms with Crippen molar-refractivity contribution >= 4 is 38.9 Å². The zero-order chi connectivity index (χ0) is 17.5. The van der Waals surface area contributed by atoms with Gasteiger partial charge in [-0.2, -0.15) is 4.31 Å². The predicted octanol–water partition coefficient (Wildman–Crippen LogP) is 2.33. The molecule has 0 unspecified atom stereocenters. The van der Waals surface area contributed by atoms with E-state index in [1.54, 1.807) is 26.0 Å². The van der Waals surface area contributed by atoms with Crippen LogP contribution in [0.2, 0.25) is 0 Å². The number of hydrogen-bond acceptors (Lipinski definition) is 4. The molecular weight excluding hydrogens is 334 g/mol. The molecule has 2 N–H and O–H groups in total. The van der Waals surface area contributed by atoms with Gasteiger partial charge in [-0.25, -0.2) is 8.42 Å². The summed E-state index contributed by atoms with van der Waals surface area (Å²) in [4.78, 5) is 11.7. The van der Waals surface area contributed by atoms with E-state index in [2.05, 4.69) is 10.6 Å². The minimum atomic E-state index is -3.47. The molecule has 0 atom stereocenters. The van der Waals surface area contributed by atoms with Gasteiger partial charge < -0.3 is 10.6 Å². The summed E-state index contributed by atoms with van der Waals surface area (Å²) >= 11 is 5.04. The molecule has 0 aromatic heterocycles. The first-order chi connectivity index (χ1) is 10.8. The molecule has 23 heavy (non-hydrogen) atoms. The van der Waals surface area contributed by atoms with Crippen molar-refractivity contribution in [3.63, 3.8) is 0 Å². The highest BCUT2D eigenvalue weighted by atomic mass is 32.2. The predicted molar refractivity (Wildman–Crippen MR) is 95.8 cm³/mol. The molecule has 1 rings (SSSR count). The van der Waals surface area contributed by atoms with E-state index in [9.17, 15) is 13.2 Å². The Morgan fingerprint density at radius 3 is 2.17 bits per heavy atom. The van der Waals surface area contributed by atoms with Crippen molar-refractivity contribution in [2.45, 2.75) is 38.5 Å². The quantitative estimate of drug-likeness (QED) is 0.732. The van der Waals surface area contributed by atoms with Gasteiger partial charge in [-0.3, -0.25) is 4.79 Å². The number of thiocarbonyl (C=S) groups is 1. The minimum Gasteiger partial charge on any atom is -0.332 e. The molecule has 128 valence electrons. The monoisotopic (exact) mass is 357 g/mol. The topological polar surface area (TPSA) is 78.5 Å². The number of anilines is 1. The summed E-state index contributed by atoms with van der Waals surface area (Å²) in [5.74, 6) is -0.147. The highest BCUT2D eigenvalue weighted by Gasteiger charge is 2.21. The van der Waals surface area contributed by atoms with Crippen LogP contribution in [0.15, 0.2) is 29.2 Å². The van der Waals surface area contributed by atoms with E-state index in [0.29, 0.717) is 25.2 Å². The average molecular weight is 358 g/mol. The number of benzene rings is 1. The standard InChI is InChI=1S/C15H23N3O3S2/c1-4-7-14(19)17-15(22)16-12-8-10-13(11-9-12)23(20,21)18(5-2)6-3/h8-11H,4-7H2,1-3H3,(H2,16,17,19,22). The number of sulfonamides is 1. The Labute approximate surface area is 143 Å². The summed E-state index contributed by atoms with van der Waals surface area (Å²) in [6.07, 6.45) is 1.15. The molecule has 8 heteroatoms. The lowest BCUT2D eigenvalue weighted by Gasteiger charge is -2.18. The van der Waals surface area contributed by atoms with Gasteiger partial charge in [0.1, 0.15) is 0 Å². The van der Waals surface area contributed by atoms with Gasteiger partial charge in [-0.1, -0.05) is 20.8 Å². The fraction of sp³-hybridized carbons (Fsp3) is 0.467. The van der Waals surface area contributed by atoms with Crippen LogP contribution in [-0.4, -0.2) is 36.8 Å². The maximum absolute atomic E-state index is 12.4. The molecule has 1 aromatic rings. The van der Waals surface area contributed by atoms with Crippen LogP contribution in [0.1, 0.15) is 33.6 Å². The molecule has 1 aromatic carbocycles. The van der Waals surface area contributed by atoms with Crippen LogP contribution in [0.25, 0.3) is 0 Å². The molecule has 0 bridgehead atoms. The van der Waals surface area contributed by atoms with Crippen molar-refractivity contribution in [2.75, 3.05) is 18.4 Å². The van der Waals surface area contributed by atoms with Gasteiger partial charge in [-0.15, -0.1) is 0 Å². The first-order valence-corrected chi connectivity index (χ1v) is 9.41. The highest BCUT2D eigenvalue weighted by molar-refractivity contribution is 7.89. The van der Waals surface area contributed by atoms with E-state index in [1.165, 1.54) is 16.4 Å². The number of rotatable bonds is 7. The van der Waals surface area contributed by atoms with E-state index in [-0.39, 0.29) is 15.9 Å². The summed E-state index contributed by atoms with van der Waals surface area (Å²) in [6, 6.07) is 6.28. The maximum atomic E-state index is 12.4. The number of carbonyl (C=O) groups excluding carboxylic acids is 1. The van der Waals surface area contributed by atoms with Crippen molar-refractivity contribution in [3.8, 4) is 0 Å². The van der Waals surface area contributed by atoms with E-state index in [4.69, 9.17) is 12.2 Å². The number of nitrogens with one attached hydrogen (secondary N) is 2. The number of carbonyl (C=O) groups is 1. The van der Waals surface area contributed by atoms with Crippen molar-refractivity contribution in [1.29, 1.82) is 0 Å². The molecule has 6 nitrogen and oxygen atoms in total. The third-order valence-corrected chi connectivity index (χ3v) is 5.45. The van der Waals surface area contributed by atoms with Gasteiger partial charge in [-0.05, 0) is 42.9 Å². The Morgan fingerprint density at radius 2 is 1.70 bits per heavy atom. The van der Waals surface area contributed by atoms with Gasteiger partial charge in [0.25, 0.3) is 0 Å². The van der Waals surface area contributed by atoms with Gasteiger partial charge in [0, 0.05) is 25.2 Å². The molecule has 0 spiro atoms. The number of hydrogen-bond donors (Lipinski definition) is 2. The second-order valence-electron chi connectivity index (χ2n) is 4.87. The first-order valence-electron chi connectivity index (χ1n) is 7.56. The fourth-order valence-corrected chi connectivity index (χ4v) is 3.69. The van der Waals surface area contributed by atoms with Crippen LogP contribution in [0, 0.1) is 0 Å². The summed E-state index contributed by atoms with van der Waals surface area (Å²) in [5, 5.41) is 5.62. The Bertz CT molecular complexity index is 638. The average Bonchev–Trinajstić information content (AvgIpc) is 2.48. The fourth-order valence-electron chi connectivity index (χ4n) is 2.00. The normalized spacial score (nSPS) is 11.3. The molecular formula is C15H23N3O3S2. The van der Waals surface area contributed by atoms with Crippen LogP contribution in [0.4, 0.5) is 5.69 Å². The minimum absolute atomic E-state index is 0.147. The molecule has 0 aliphatic rings. The lowest BCUT2D eigenvalue weighted by atomic mass is 10.3. The smallest absolute Gasteiger partial charge is 0.243 e. The van der Waals surface area contributed by atoms with Crippen molar-refractivity contribution in [3.05, 3.63) is 24.3 Å². The lowest BCUT2D eigenvalue weighted by Crippen LogP contribution is -2.33. The summed E-state index contributed by atoms with van der Waals surface area (Å²) < 4.78 is 26.1. The Morgan fingerprint density at radius 1 is 1.13 bits per heavy atom. The van der Waals surface area contributed by atoms with Gasteiger partial charge in [0.05, 0.1) is 4.90 Å². The second-order valence-corrected chi connectivity index (χ2v) is 7.21.